The number of carbonyl (C=O) groups excluding carboxylic acids is 1. The smallest absolute Gasteiger partial charge is 0.409 e. The Morgan fingerprint density at radius 1 is 1.20 bits per heavy atom. The lowest BCUT2D eigenvalue weighted by Crippen LogP contribution is -2.49. The summed E-state index contributed by atoms with van der Waals surface area (Å²) in [6, 6.07) is 8.03. The fraction of sp³-hybridized carbons (Fsp3) is 0.533. The molecule has 0 spiro atoms. The van der Waals surface area contributed by atoms with Gasteiger partial charge in [-0.1, -0.05) is 18.2 Å². The second kappa shape index (κ2) is 7.14. The lowest BCUT2D eigenvalue weighted by molar-refractivity contribution is 0.0859. The van der Waals surface area contributed by atoms with Gasteiger partial charge >= 0.3 is 6.09 Å². The van der Waals surface area contributed by atoms with E-state index in [0.717, 1.165) is 44.0 Å². The maximum Gasteiger partial charge on any atom is 0.409 e. The summed E-state index contributed by atoms with van der Waals surface area (Å²) >= 11 is 0. The third-order valence-electron chi connectivity index (χ3n) is 3.56. The molecule has 1 saturated heterocycles. The van der Waals surface area contributed by atoms with Crippen molar-refractivity contribution in [1.29, 1.82) is 0 Å². The van der Waals surface area contributed by atoms with E-state index in [1.165, 1.54) is 7.11 Å². The molecule has 0 saturated carbocycles. The highest BCUT2D eigenvalue weighted by Gasteiger charge is 2.21. The Kier molecular flexibility index (Phi) is 5.24. The summed E-state index contributed by atoms with van der Waals surface area (Å²) in [5.74, 6) is 0.945. The number of amides is 1. The molecular weight excluding hydrogens is 256 g/mol. The summed E-state index contributed by atoms with van der Waals surface area (Å²) < 4.78 is 10.5. The first-order valence-electron chi connectivity index (χ1n) is 6.94. The summed E-state index contributed by atoms with van der Waals surface area (Å²) in [5.41, 5.74) is 1.16. The van der Waals surface area contributed by atoms with Crippen LogP contribution in [0.3, 0.4) is 0 Å². The molecule has 2 rings (SSSR count). The zero-order chi connectivity index (χ0) is 14.4. The molecule has 0 N–H and O–H groups in total. The lowest BCUT2D eigenvalue weighted by atomic mass is 10.2. The maximum atomic E-state index is 11.4. The monoisotopic (exact) mass is 278 g/mol. The molecule has 5 heteroatoms. The third-order valence-corrected chi connectivity index (χ3v) is 3.56. The Labute approximate surface area is 120 Å². The molecule has 1 aromatic rings. The molecule has 0 bridgehead atoms. The minimum atomic E-state index is -0.235. The van der Waals surface area contributed by atoms with Crippen LogP contribution in [0.25, 0.3) is 0 Å². The van der Waals surface area contributed by atoms with Gasteiger partial charge in [0.05, 0.1) is 7.11 Å². The van der Waals surface area contributed by atoms with E-state index in [-0.39, 0.29) is 6.09 Å². The molecule has 0 atom stereocenters. The third kappa shape index (κ3) is 3.87. The van der Waals surface area contributed by atoms with Crippen LogP contribution < -0.4 is 4.74 Å². The van der Waals surface area contributed by atoms with Crippen molar-refractivity contribution >= 4 is 6.09 Å². The van der Waals surface area contributed by atoms with E-state index in [1.807, 2.05) is 31.2 Å². The highest BCUT2D eigenvalue weighted by Crippen LogP contribution is 2.16. The first-order chi connectivity index (χ1) is 9.70. The molecule has 1 aromatic carbocycles. The normalized spacial score (nSPS) is 16.0. The van der Waals surface area contributed by atoms with Crippen molar-refractivity contribution in [3.8, 4) is 5.75 Å². The number of ether oxygens (including phenoxy) is 2. The number of nitrogens with zero attached hydrogens (tertiary/aromatic N) is 2. The maximum absolute atomic E-state index is 11.4. The van der Waals surface area contributed by atoms with Crippen molar-refractivity contribution in [3.63, 3.8) is 0 Å². The Bertz CT molecular complexity index is 442. The van der Waals surface area contributed by atoms with Gasteiger partial charge in [-0.2, -0.15) is 0 Å². The van der Waals surface area contributed by atoms with Gasteiger partial charge < -0.3 is 14.4 Å². The minimum Gasteiger partial charge on any atom is -0.492 e. The van der Waals surface area contributed by atoms with Crippen molar-refractivity contribution in [1.82, 2.24) is 9.80 Å². The van der Waals surface area contributed by atoms with Crippen molar-refractivity contribution in [2.75, 3.05) is 46.4 Å². The number of rotatable bonds is 4. The van der Waals surface area contributed by atoms with Crippen molar-refractivity contribution in [2.45, 2.75) is 6.92 Å². The fourth-order valence-corrected chi connectivity index (χ4v) is 2.29. The number of methoxy groups -OCH3 is 1. The van der Waals surface area contributed by atoms with E-state index in [4.69, 9.17) is 9.47 Å². The van der Waals surface area contributed by atoms with Gasteiger partial charge in [0.1, 0.15) is 12.4 Å². The van der Waals surface area contributed by atoms with Crippen LogP contribution in [0, 0.1) is 6.92 Å². The topological polar surface area (TPSA) is 42.0 Å². The molecule has 0 unspecified atom stereocenters. The molecule has 5 nitrogen and oxygen atoms in total. The summed E-state index contributed by atoms with van der Waals surface area (Å²) in [6.07, 6.45) is -0.235. The number of para-hydroxylation sites is 1. The quantitative estimate of drug-likeness (QED) is 0.841. The van der Waals surface area contributed by atoms with E-state index in [2.05, 4.69) is 4.90 Å². The van der Waals surface area contributed by atoms with Crippen molar-refractivity contribution in [3.05, 3.63) is 29.8 Å². The van der Waals surface area contributed by atoms with Gasteiger partial charge in [0.15, 0.2) is 0 Å². The number of carbonyl (C=O) groups is 1. The van der Waals surface area contributed by atoms with Crippen LogP contribution in [-0.4, -0.2) is 62.3 Å². The highest BCUT2D eigenvalue weighted by atomic mass is 16.5. The molecule has 0 aliphatic carbocycles. The number of benzene rings is 1. The highest BCUT2D eigenvalue weighted by molar-refractivity contribution is 5.67. The van der Waals surface area contributed by atoms with Gasteiger partial charge in [-0.3, -0.25) is 4.90 Å². The van der Waals surface area contributed by atoms with Crippen LogP contribution in [0.5, 0.6) is 5.75 Å². The summed E-state index contributed by atoms with van der Waals surface area (Å²) in [4.78, 5) is 15.4. The molecule has 0 aromatic heterocycles. The van der Waals surface area contributed by atoms with Crippen LogP contribution in [0.1, 0.15) is 5.56 Å². The summed E-state index contributed by atoms with van der Waals surface area (Å²) in [5, 5.41) is 0. The summed E-state index contributed by atoms with van der Waals surface area (Å²) in [6.45, 7) is 6.77. The van der Waals surface area contributed by atoms with Crippen LogP contribution in [0.4, 0.5) is 4.79 Å². The molecule has 1 heterocycles. The number of piperazine rings is 1. The largest absolute Gasteiger partial charge is 0.492 e. The number of aryl methyl sites for hydroxylation is 1. The molecule has 0 radical (unpaired) electrons. The van der Waals surface area contributed by atoms with Gasteiger partial charge in [0, 0.05) is 32.7 Å². The number of hydrogen-bond acceptors (Lipinski definition) is 4. The minimum absolute atomic E-state index is 0.235. The SMILES string of the molecule is COC(=O)N1CCN(CCOc2ccccc2C)CC1. The molecule has 110 valence electrons. The zero-order valence-electron chi connectivity index (χ0n) is 12.2. The van der Waals surface area contributed by atoms with Crippen LogP contribution in [0.2, 0.25) is 0 Å². The van der Waals surface area contributed by atoms with Gasteiger partial charge in [-0.25, -0.2) is 4.79 Å². The molecule has 1 amide bonds. The molecule has 1 fully saturated rings. The Morgan fingerprint density at radius 2 is 1.90 bits per heavy atom. The second-order valence-corrected chi connectivity index (χ2v) is 4.91. The lowest BCUT2D eigenvalue weighted by Gasteiger charge is -2.33. The first kappa shape index (κ1) is 14.7. The van der Waals surface area contributed by atoms with E-state index in [0.29, 0.717) is 6.61 Å². The van der Waals surface area contributed by atoms with Crippen molar-refractivity contribution < 1.29 is 14.3 Å². The second-order valence-electron chi connectivity index (χ2n) is 4.91. The average molecular weight is 278 g/mol. The van der Waals surface area contributed by atoms with Gasteiger partial charge in [0.2, 0.25) is 0 Å². The Balaban J connectivity index is 1.69. The van der Waals surface area contributed by atoms with Crippen LogP contribution in [0.15, 0.2) is 24.3 Å². The fourth-order valence-electron chi connectivity index (χ4n) is 2.29. The van der Waals surface area contributed by atoms with Crippen LogP contribution in [-0.2, 0) is 4.74 Å². The predicted octanol–water partition coefficient (Wildman–Crippen LogP) is 1.76. The Morgan fingerprint density at radius 3 is 2.55 bits per heavy atom. The van der Waals surface area contributed by atoms with Crippen molar-refractivity contribution in [2.24, 2.45) is 0 Å². The van der Waals surface area contributed by atoms with E-state index in [9.17, 15) is 4.79 Å². The van der Waals surface area contributed by atoms with Gasteiger partial charge in [0.25, 0.3) is 0 Å². The predicted molar refractivity (Wildman–Crippen MR) is 77.1 cm³/mol. The van der Waals surface area contributed by atoms with E-state index < -0.39 is 0 Å². The molecular formula is C15H22N2O3. The first-order valence-corrected chi connectivity index (χ1v) is 6.94. The van der Waals surface area contributed by atoms with E-state index >= 15 is 0 Å². The van der Waals surface area contributed by atoms with Gasteiger partial charge in [-0.15, -0.1) is 0 Å². The molecule has 1 aliphatic heterocycles. The number of hydrogen-bond donors (Lipinski definition) is 0. The summed E-state index contributed by atoms with van der Waals surface area (Å²) in [7, 11) is 1.42. The standard InChI is InChI=1S/C15H22N2O3/c1-13-5-3-4-6-14(13)20-12-11-16-7-9-17(10-8-16)15(18)19-2/h3-6H,7-12H2,1-2H3. The molecule has 1 aliphatic rings. The average Bonchev–Trinajstić information content (AvgIpc) is 2.49. The zero-order valence-corrected chi connectivity index (χ0v) is 12.2. The van der Waals surface area contributed by atoms with Crippen LogP contribution >= 0.6 is 0 Å². The Hall–Kier alpha value is -1.75. The van der Waals surface area contributed by atoms with E-state index in [1.54, 1.807) is 4.90 Å². The van der Waals surface area contributed by atoms with Gasteiger partial charge in [-0.05, 0) is 18.6 Å². The molecule has 20 heavy (non-hydrogen) atoms.